The highest BCUT2D eigenvalue weighted by atomic mass is 16.5. The number of carbonyl (C=O) groups is 1. The lowest BCUT2D eigenvalue weighted by atomic mass is 10.2. The fourth-order valence-electron chi connectivity index (χ4n) is 4.20. The number of amides is 1. The minimum Gasteiger partial charge on any atom is -0.490 e. The zero-order valence-corrected chi connectivity index (χ0v) is 15.4. The highest BCUT2D eigenvalue weighted by Gasteiger charge is 2.26. The Morgan fingerprint density at radius 2 is 1.73 bits per heavy atom. The van der Waals surface area contributed by atoms with Crippen molar-refractivity contribution in [2.24, 2.45) is 0 Å². The molecule has 0 bridgehead atoms. The Labute approximate surface area is 155 Å². The van der Waals surface area contributed by atoms with E-state index in [2.05, 4.69) is 15.1 Å². The van der Waals surface area contributed by atoms with Gasteiger partial charge < -0.3 is 14.8 Å². The first-order chi connectivity index (χ1) is 12.8. The normalized spacial score (nSPS) is 22.2. The van der Waals surface area contributed by atoms with Crippen LogP contribution < -0.4 is 14.8 Å². The van der Waals surface area contributed by atoms with E-state index in [1.807, 2.05) is 18.2 Å². The van der Waals surface area contributed by atoms with Crippen LogP contribution in [0.1, 0.15) is 32.1 Å². The summed E-state index contributed by atoms with van der Waals surface area (Å²) >= 11 is 0. The van der Waals surface area contributed by atoms with Gasteiger partial charge >= 0.3 is 0 Å². The van der Waals surface area contributed by atoms with Crippen molar-refractivity contribution in [2.75, 3.05) is 51.3 Å². The molecule has 0 atom stereocenters. The molecule has 0 radical (unpaired) electrons. The topological polar surface area (TPSA) is 54.0 Å². The number of benzene rings is 1. The second-order valence-corrected chi connectivity index (χ2v) is 7.51. The van der Waals surface area contributed by atoms with E-state index in [1.54, 1.807) is 0 Å². The molecule has 1 N–H and O–H groups in total. The Hall–Kier alpha value is -1.79. The van der Waals surface area contributed by atoms with Gasteiger partial charge in [-0.15, -0.1) is 0 Å². The highest BCUT2D eigenvalue weighted by molar-refractivity contribution is 5.92. The quantitative estimate of drug-likeness (QED) is 0.894. The van der Waals surface area contributed by atoms with Gasteiger partial charge in [-0.25, -0.2) is 0 Å². The maximum Gasteiger partial charge on any atom is 0.238 e. The van der Waals surface area contributed by atoms with Crippen LogP contribution in [-0.4, -0.2) is 67.7 Å². The van der Waals surface area contributed by atoms with Crippen LogP contribution in [0.15, 0.2) is 18.2 Å². The lowest BCUT2D eigenvalue weighted by molar-refractivity contribution is -0.117. The van der Waals surface area contributed by atoms with E-state index in [1.165, 1.54) is 25.7 Å². The molecule has 2 fully saturated rings. The van der Waals surface area contributed by atoms with Crippen LogP contribution in [0, 0.1) is 0 Å². The van der Waals surface area contributed by atoms with Crippen molar-refractivity contribution in [1.29, 1.82) is 0 Å². The van der Waals surface area contributed by atoms with Gasteiger partial charge in [0.05, 0.1) is 19.8 Å². The molecule has 1 saturated carbocycles. The standard InChI is InChI=1S/C20H29N3O3/c24-20(15-22-8-10-23(11-9-22)17-4-1-2-5-17)21-16-6-7-18-19(14-16)26-13-3-12-25-18/h6-7,14,17H,1-5,8-13,15H2,(H,21,24). The molecule has 1 saturated heterocycles. The second kappa shape index (κ2) is 8.27. The summed E-state index contributed by atoms with van der Waals surface area (Å²) in [6, 6.07) is 6.39. The number of hydrogen-bond acceptors (Lipinski definition) is 5. The lowest BCUT2D eigenvalue weighted by Crippen LogP contribution is -2.51. The van der Waals surface area contributed by atoms with Crippen LogP contribution in [-0.2, 0) is 4.79 Å². The second-order valence-electron chi connectivity index (χ2n) is 7.51. The summed E-state index contributed by atoms with van der Waals surface area (Å²) in [5, 5.41) is 3.00. The van der Waals surface area contributed by atoms with Gasteiger partial charge in [0.25, 0.3) is 0 Å². The van der Waals surface area contributed by atoms with Gasteiger partial charge in [0.15, 0.2) is 11.5 Å². The summed E-state index contributed by atoms with van der Waals surface area (Å²) in [4.78, 5) is 17.3. The van der Waals surface area contributed by atoms with Crippen LogP contribution in [0.4, 0.5) is 5.69 Å². The molecule has 1 aromatic rings. The third-order valence-electron chi connectivity index (χ3n) is 5.65. The number of hydrogen-bond donors (Lipinski definition) is 1. The van der Waals surface area contributed by atoms with Crippen molar-refractivity contribution in [3.8, 4) is 11.5 Å². The van der Waals surface area contributed by atoms with Crippen molar-refractivity contribution in [1.82, 2.24) is 9.80 Å². The van der Waals surface area contributed by atoms with Crippen LogP contribution in [0.3, 0.4) is 0 Å². The summed E-state index contributed by atoms with van der Waals surface area (Å²) in [5.74, 6) is 1.50. The molecule has 2 aliphatic heterocycles. The maximum absolute atomic E-state index is 12.4. The Morgan fingerprint density at radius 3 is 2.50 bits per heavy atom. The van der Waals surface area contributed by atoms with Gasteiger partial charge in [-0.3, -0.25) is 14.6 Å². The molecule has 6 nitrogen and oxygen atoms in total. The number of rotatable bonds is 4. The van der Waals surface area contributed by atoms with E-state index in [4.69, 9.17) is 9.47 Å². The monoisotopic (exact) mass is 359 g/mol. The van der Waals surface area contributed by atoms with Crippen molar-refractivity contribution in [2.45, 2.75) is 38.1 Å². The van der Waals surface area contributed by atoms with Gasteiger partial charge in [-0.2, -0.15) is 0 Å². The van der Waals surface area contributed by atoms with Gasteiger partial charge in [0.1, 0.15) is 0 Å². The number of anilines is 1. The van der Waals surface area contributed by atoms with Crippen LogP contribution in [0.5, 0.6) is 11.5 Å². The number of ether oxygens (including phenoxy) is 2. The molecule has 1 aliphatic carbocycles. The summed E-state index contributed by atoms with van der Waals surface area (Å²) in [6.07, 6.45) is 6.34. The van der Waals surface area contributed by atoms with Crippen molar-refractivity contribution >= 4 is 11.6 Å². The molecule has 0 spiro atoms. The largest absolute Gasteiger partial charge is 0.490 e. The molecule has 26 heavy (non-hydrogen) atoms. The van der Waals surface area contributed by atoms with Crippen LogP contribution in [0.25, 0.3) is 0 Å². The third kappa shape index (κ3) is 4.30. The smallest absolute Gasteiger partial charge is 0.238 e. The fraction of sp³-hybridized carbons (Fsp3) is 0.650. The number of carbonyl (C=O) groups excluding carboxylic acids is 1. The van der Waals surface area contributed by atoms with Crippen molar-refractivity contribution < 1.29 is 14.3 Å². The zero-order chi connectivity index (χ0) is 17.8. The summed E-state index contributed by atoms with van der Waals surface area (Å²) in [7, 11) is 0. The average Bonchev–Trinajstić information content (AvgIpc) is 3.08. The molecule has 2 heterocycles. The molecule has 4 rings (SSSR count). The van der Waals surface area contributed by atoms with Crippen LogP contribution >= 0.6 is 0 Å². The molecule has 0 unspecified atom stereocenters. The highest BCUT2D eigenvalue weighted by Crippen LogP contribution is 2.32. The van der Waals surface area contributed by atoms with Gasteiger partial charge in [-0.05, 0) is 25.0 Å². The van der Waals surface area contributed by atoms with E-state index < -0.39 is 0 Å². The van der Waals surface area contributed by atoms with E-state index in [0.29, 0.717) is 25.5 Å². The van der Waals surface area contributed by atoms with Gasteiger partial charge in [0.2, 0.25) is 5.91 Å². The predicted molar refractivity (Wildman–Crippen MR) is 101 cm³/mol. The molecular formula is C20H29N3O3. The SMILES string of the molecule is O=C(CN1CCN(C2CCCC2)CC1)Nc1ccc2c(c1)OCCCO2. The minimum absolute atomic E-state index is 0.0359. The fourth-order valence-corrected chi connectivity index (χ4v) is 4.20. The third-order valence-corrected chi connectivity index (χ3v) is 5.65. The molecular weight excluding hydrogens is 330 g/mol. The molecule has 1 amide bonds. The molecule has 3 aliphatic rings. The maximum atomic E-state index is 12.4. The first-order valence-corrected chi connectivity index (χ1v) is 9.94. The minimum atomic E-state index is 0.0359. The number of nitrogens with one attached hydrogen (secondary N) is 1. The molecule has 0 aromatic heterocycles. The molecule has 142 valence electrons. The first kappa shape index (κ1) is 17.6. The van der Waals surface area contributed by atoms with E-state index >= 15 is 0 Å². The Morgan fingerprint density at radius 1 is 1.00 bits per heavy atom. The Balaban J connectivity index is 1.26. The Bertz CT molecular complexity index is 623. The Kier molecular flexibility index (Phi) is 5.60. The number of fused-ring (bicyclic) bond motifs is 1. The van der Waals surface area contributed by atoms with E-state index in [0.717, 1.165) is 50.1 Å². The number of nitrogens with zero attached hydrogens (tertiary/aromatic N) is 2. The predicted octanol–water partition coefficient (Wildman–Crippen LogP) is 2.35. The average molecular weight is 359 g/mol. The van der Waals surface area contributed by atoms with Crippen LogP contribution in [0.2, 0.25) is 0 Å². The summed E-state index contributed by atoms with van der Waals surface area (Å²) in [5.41, 5.74) is 0.767. The number of piperazine rings is 1. The van der Waals surface area contributed by atoms with E-state index in [-0.39, 0.29) is 5.91 Å². The molecule has 6 heteroatoms. The van der Waals surface area contributed by atoms with E-state index in [9.17, 15) is 4.79 Å². The molecule has 1 aromatic carbocycles. The van der Waals surface area contributed by atoms with Crippen molar-refractivity contribution in [3.63, 3.8) is 0 Å². The van der Waals surface area contributed by atoms with Gasteiger partial charge in [0, 0.05) is 50.4 Å². The van der Waals surface area contributed by atoms with Crippen molar-refractivity contribution in [3.05, 3.63) is 18.2 Å². The summed E-state index contributed by atoms with van der Waals surface area (Å²) in [6.45, 7) is 5.90. The first-order valence-electron chi connectivity index (χ1n) is 9.94. The lowest BCUT2D eigenvalue weighted by Gasteiger charge is -2.37. The van der Waals surface area contributed by atoms with Gasteiger partial charge in [-0.1, -0.05) is 12.8 Å². The zero-order valence-electron chi connectivity index (χ0n) is 15.4. The summed E-state index contributed by atoms with van der Waals surface area (Å²) < 4.78 is 11.3.